The van der Waals surface area contributed by atoms with E-state index < -0.39 is 5.60 Å². The number of hydrogen-bond donors (Lipinski definition) is 1. The quantitative estimate of drug-likeness (QED) is 0.918. The normalized spacial score (nSPS) is 22.4. The zero-order valence-electron chi connectivity index (χ0n) is 15.0. The van der Waals surface area contributed by atoms with Gasteiger partial charge in [-0.2, -0.15) is 4.98 Å². The Morgan fingerprint density at radius 3 is 2.67 bits per heavy atom. The van der Waals surface area contributed by atoms with Crippen molar-refractivity contribution in [3.8, 4) is 0 Å². The summed E-state index contributed by atoms with van der Waals surface area (Å²) in [6.07, 6.45) is 3.29. The van der Waals surface area contributed by atoms with Gasteiger partial charge < -0.3 is 14.5 Å². The van der Waals surface area contributed by atoms with Gasteiger partial charge in [-0.3, -0.25) is 0 Å². The first-order chi connectivity index (χ1) is 11.2. The second kappa shape index (κ2) is 5.84. The van der Waals surface area contributed by atoms with E-state index in [0.29, 0.717) is 30.5 Å². The van der Waals surface area contributed by atoms with Crippen LogP contribution in [0, 0.1) is 0 Å². The summed E-state index contributed by atoms with van der Waals surface area (Å²) in [5.74, 6) is 1.12. The van der Waals surface area contributed by atoms with Gasteiger partial charge in [0.2, 0.25) is 5.89 Å². The van der Waals surface area contributed by atoms with Crippen LogP contribution in [-0.2, 0) is 11.0 Å². The molecule has 8 heteroatoms. The maximum absolute atomic E-state index is 11.1. The highest BCUT2D eigenvalue weighted by Crippen LogP contribution is 2.32. The smallest absolute Gasteiger partial charge is 0.266 e. The molecular weight excluding hydrogens is 308 g/mol. The summed E-state index contributed by atoms with van der Waals surface area (Å²) in [4.78, 5) is 6.45. The molecule has 0 aliphatic carbocycles. The van der Waals surface area contributed by atoms with Gasteiger partial charge in [-0.25, -0.2) is 4.68 Å². The van der Waals surface area contributed by atoms with Crippen molar-refractivity contribution >= 4 is 5.95 Å². The van der Waals surface area contributed by atoms with Crippen LogP contribution in [0.4, 0.5) is 5.95 Å². The third-order valence-corrected chi connectivity index (χ3v) is 4.33. The van der Waals surface area contributed by atoms with Crippen LogP contribution >= 0.6 is 0 Å². The standard InChI is InChI=1S/C16H26N6O2/c1-11(2)22-9-12(18-20-22)16(23)7-6-8-21(10-16)14-17-13(24-19-14)15(3,4)5/h9,11,23H,6-8,10H2,1-5H3. The predicted octanol–water partition coefficient (Wildman–Crippen LogP) is 2.03. The van der Waals surface area contributed by atoms with E-state index >= 15 is 0 Å². The summed E-state index contributed by atoms with van der Waals surface area (Å²) in [7, 11) is 0. The first-order valence-corrected chi connectivity index (χ1v) is 8.43. The molecule has 0 spiro atoms. The van der Waals surface area contributed by atoms with Gasteiger partial charge >= 0.3 is 0 Å². The minimum absolute atomic E-state index is 0.197. The van der Waals surface area contributed by atoms with Crippen molar-refractivity contribution in [2.24, 2.45) is 0 Å². The van der Waals surface area contributed by atoms with Gasteiger partial charge in [0.25, 0.3) is 5.95 Å². The van der Waals surface area contributed by atoms with E-state index in [1.165, 1.54) is 0 Å². The Hall–Kier alpha value is -1.96. The van der Waals surface area contributed by atoms with E-state index in [4.69, 9.17) is 4.52 Å². The van der Waals surface area contributed by atoms with Crippen molar-refractivity contribution in [2.45, 2.75) is 64.5 Å². The van der Waals surface area contributed by atoms with Gasteiger partial charge in [0.15, 0.2) is 0 Å². The topological polar surface area (TPSA) is 93.1 Å². The Balaban J connectivity index is 1.81. The van der Waals surface area contributed by atoms with Crippen LogP contribution in [0.25, 0.3) is 0 Å². The molecule has 0 saturated carbocycles. The van der Waals surface area contributed by atoms with Gasteiger partial charge in [-0.1, -0.05) is 26.0 Å². The van der Waals surface area contributed by atoms with Crippen LogP contribution < -0.4 is 4.90 Å². The Morgan fingerprint density at radius 1 is 1.33 bits per heavy atom. The SMILES string of the molecule is CC(C)n1cc(C2(O)CCCN(c3noc(C(C)(C)C)n3)C2)nn1. The molecule has 24 heavy (non-hydrogen) atoms. The number of rotatable bonds is 3. The Bertz CT molecular complexity index is 701. The fourth-order valence-electron chi connectivity index (χ4n) is 2.81. The lowest BCUT2D eigenvalue weighted by molar-refractivity contribution is 0.0171. The zero-order chi connectivity index (χ0) is 17.5. The van der Waals surface area contributed by atoms with Crippen LogP contribution in [0.3, 0.4) is 0 Å². The molecule has 1 atom stereocenters. The second-order valence-electron chi connectivity index (χ2n) is 7.88. The fraction of sp³-hybridized carbons (Fsp3) is 0.750. The van der Waals surface area contributed by atoms with Crippen LogP contribution in [0.1, 0.15) is 65.1 Å². The lowest BCUT2D eigenvalue weighted by Gasteiger charge is -2.37. The van der Waals surface area contributed by atoms with Crippen molar-refractivity contribution < 1.29 is 9.63 Å². The minimum atomic E-state index is -1.05. The van der Waals surface area contributed by atoms with Crippen LogP contribution in [0.15, 0.2) is 10.7 Å². The monoisotopic (exact) mass is 334 g/mol. The van der Waals surface area contributed by atoms with Gasteiger partial charge in [0.1, 0.15) is 11.3 Å². The molecule has 0 amide bonds. The molecule has 1 fully saturated rings. The van der Waals surface area contributed by atoms with Crippen molar-refractivity contribution in [3.63, 3.8) is 0 Å². The van der Waals surface area contributed by atoms with E-state index in [0.717, 1.165) is 13.0 Å². The van der Waals surface area contributed by atoms with Gasteiger partial charge in [-0.05, 0) is 31.8 Å². The molecule has 8 nitrogen and oxygen atoms in total. The summed E-state index contributed by atoms with van der Waals surface area (Å²) >= 11 is 0. The van der Waals surface area contributed by atoms with E-state index in [1.807, 2.05) is 45.7 Å². The van der Waals surface area contributed by atoms with Crippen LogP contribution in [0.2, 0.25) is 0 Å². The summed E-state index contributed by atoms with van der Waals surface area (Å²) < 4.78 is 7.14. The molecule has 1 saturated heterocycles. The molecule has 2 aromatic heterocycles. The summed E-state index contributed by atoms with van der Waals surface area (Å²) in [6.45, 7) is 11.3. The molecule has 3 rings (SSSR count). The summed E-state index contributed by atoms with van der Waals surface area (Å²) in [5, 5.41) is 23.5. The van der Waals surface area contributed by atoms with E-state index in [2.05, 4.69) is 20.5 Å². The number of hydrogen-bond acceptors (Lipinski definition) is 7. The maximum atomic E-state index is 11.1. The molecular formula is C16H26N6O2. The number of β-amino-alcohol motifs (C(OH)–C–C–N with tert-alkyl or cyclic N) is 1. The van der Waals surface area contributed by atoms with E-state index in [-0.39, 0.29) is 11.5 Å². The molecule has 132 valence electrons. The highest BCUT2D eigenvalue weighted by molar-refractivity contribution is 5.32. The van der Waals surface area contributed by atoms with Crippen LogP contribution in [0.5, 0.6) is 0 Å². The molecule has 3 heterocycles. The average Bonchev–Trinajstić information content (AvgIpc) is 3.17. The number of anilines is 1. The van der Waals surface area contributed by atoms with E-state index in [9.17, 15) is 5.11 Å². The largest absolute Gasteiger partial charge is 0.382 e. The second-order valence-corrected chi connectivity index (χ2v) is 7.88. The molecule has 0 bridgehead atoms. The summed E-state index contributed by atoms with van der Waals surface area (Å²) in [6, 6.07) is 0.209. The minimum Gasteiger partial charge on any atom is -0.382 e. The Morgan fingerprint density at radius 2 is 2.08 bits per heavy atom. The number of nitrogens with zero attached hydrogens (tertiary/aromatic N) is 6. The maximum Gasteiger partial charge on any atom is 0.266 e. The molecule has 2 aromatic rings. The van der Waals surface area contributed by atoms with Gasteiger partial charge in [0, 0.05) is 18.0 Å². The summed E-state index contributed by atoms with van der Waals surface area (Å²) in [5.41, 5.74) is -0.647. The molecule has 0 aromatic carbocycles. The third-order valence-electron chi connectivity index (χ3n) is 4.33. The van der Waals surface area contributed by atoms with Gasteiger partial charge in [0.05, 0.1) is 12.7 Å². The molecule has 1 unspecified atom stereocenters. The first-order valence-electron chi connectivity index (χ1n) is 8.43. The van der Waals surface area contributed by atoms with Crippen molar-refractivity contribution in [2.75, 3.05) is 18.0 Å². The fourth-order valence-corrected chi connectivity index (χ4v) is 2.81. The van der Waals surface area contributed by atoms with E-state index in [1.54, 1.807) is 4.68 Å². The molecule has 1 N–H and O–H groups in total. The highest BCUT2D eigenvalue weighted by atomic mass is 16.5. The average molecular weight is 334 g/mol. The lowest BCUT2D eigenvalue weighted by Crippen LogP contribution is -2.47. The number of piperidine rings is 1. The number of aliphatic hydroxyl groups is 1. The predicted molar refractivity (Wildman–Crippen MR) is 88.7 cm³/mol. The van der Waals surface area contributed by atoms with Crippen molar-refractivity contribution in [1.82, 2.24) is 25.1 Å². The van der Waals surface area contributed by atoms with Crippen molar-refractivity contribution in [3.05, 3.63) is 17.8 Å². The Labute approximate surface area is 141 Å². The third kappa shape index (κ3) is 3.15. The van der Waals surface area contributed by atoms with Gasteiger partial charge in [-0.15, -0.1) is 5.10 Å². The number of aromatic nitrogens is 5. The Kier molecular flexibility index (Phi) is 4.11. The van der Waals surface area contributed by atoms with Crippen molar-refractivity contribution in [1.29, 1.82) is 0 Å². The molecule has 1 aliphatic heterocycles. The lowest BCUT2D eigenvalue weighted by atomic mass is 9.90. The molecule has 0 radical (unpaired) electrons. The van der Waals surface area contributed by atoms with Crippen LogP contribution in [-0.4, -0.2) is 43.3 Å². The highest BCUT2D eigenvalue weighted by Gasteiger charge is 2.39. The molecule has 1 aliphatic rings. The zero-order valence-corrected chi connectivity index (χ0v) is 15.0. The first kappa shape index (κ1) is 16.9.